The first-order chi connectivity index (χ1) is 11.2. The first-order valence-electron chi connectivity index (χ1n) is 7.56. The molecule has 5 heteroatoms. The minimum absolute atomic E-state index is 0.0356. The number of hydrogen-bond acceptors (Lipinski definition) is 5. The van der Waals surface area contributed by atoms with E-state index in [1.165, 1.54) is 0 Å². The molecule has 0 saturated heterocycles. The van der Waals surface area contributed by atoms with Crippen LogP contribution in [-0.2, 0) is 6.54 Å². The molecule has 1 N–H and O–H groups in total. The molecule has 0 radical (unpaired) electrons. The van der Waals surface area contributed by atoms with Crippen molar-refractivity contribution in [3.8, 4) is 5.75 Å². The molecule has 23 heavy (non-hydrogen) atoms. The lowest BCUT2D eigenvalue weighted by molar-refractivity contribution is 0.228. The molecule has 0 fully saturated rings. The van der Waals surface area contributed by atoms with Crippen LogP contribution < -0.4 is 10.1 Å². The van der Waals surface area contributed by atoms with Gasteiger partial charge in [-0.3, -0.25) is 0 Å². The quantitative estimate of drug-likeness (QED) is 0.742. The Morgan fingerprint density at radius 1 is 1.09 bits per heavy atom. The van der Waals surface area contributed by atoms with E-state index in [0.717, 1.165) is 17.0 Å². The molecule has 1 heterocycles. The maximum absolute atomic E-state index is 6.10. The first-order valence-corrected chi connectivity index (χ1v) is 7.56. The summed E-state index contributed by atoms with van der Waals surface area (Å²) in [5, 5.41) is 7.17. The van der Waals surface area contributed by atoms with Gasteiger partial charge >= 0.3 is 0 Å². The molecule has 0 bridgehead atoms. The van der Waals surface area contributed by atoms with Gasteiger partial charge < -0.3 is 14.6 Å². The first kappa shape index (κ1) is 15.1. The summed E-state index contributed by atoms with van der Waals surface area (Å²) in [4.78, 5) is 4.18. The van der Waals surface area contributed by atoms with Crippen LogP contribution in [0, 0.1) is 6.92 Å². The standard InChI is InChI=1S/C18H19N3O2/c1-13(15-8-4-3-5-9-15)22-17-11-7-6-10-16(17)19-12-18-20-14(2)23-21-18/h3-11,13,19H,12H2,1-2H3/t13-/m0/s1. The van der Waals surface area contributed by atoms with E-state index in [9.17, 15) is 0 Å². The molecular formula is C18H19N3O2. The van der Waals surface area contributed by atoms with E-state index in [0.29, 0.717) is 18.3 Å². The van der Waals surface area contributed by atoms with Gasteiger partial charge in [0.2, 0.25) is 5.89 Å². The van der Waals surface area contributed by atoms with Gasteiger partial charge in [-0.1, -0.05) is 47.6 Å². The zero-order valence-electron chi connectivity index (χ0n) is 13.2. The van der Waals surface area contributed by atoms with Gasteiger partial charge in [-0.15, -0.1) is 0 Å². The summed E-state index contributed by atoms with van der Waals surface area (Å²) >= 11 is 0. The van der Waals surface area contributed by atoms with Crippen molar-refractivity contribution in [3.63, 3.8) is 0 Å². The van der Waals surface area contributed by atoms with Gasteiger partial charge in [0.25, 0.3) is 0 Å². The highest BCUT2D eigenvalue weighted by Crippen LogP contribution is 2.29. The second kappa shape index (κ2) is 6.96. The number of nitrogens with zero attached hydrogens (tertiary/aromatic N) is 2. The summed E-state index contributed by atoms with van der Waals surface area (Å²) in [7, 11) is 0. The minimum atomic E-state index is -0.0356. The summed E-state index contributed by atoms with van der Waals surface area (Å²) in [5.74, 6) is 1.97. The monoisotopic (exact) mass is 309 g/mol. The molecule has 0 saturated carbocycles. The van der Waals surface area contributed by atoms with Crippen molar-refractivity contribution in [1.82, 2.24) is 10.1 Å². The second-order valence-electron chi connectivity index (χ2n) is 5.25. The van der Waals surface area contributed by atoms with Crippen molar-refractivity contribution >= 4 is 5.69 Å². The Morgan fingerprint density at radius 3 is 2.57 bits per heavy atom. The molecule has 5 nitrogen and oxygen atoms in total. The van der Waals surface area contributed by atoms with Crippen molar-refractivity contribution in [1.29, 1.82) is 0 Å². The van der Waals surface area contributed by atoms with Crippen LogP contribution in [0.5, 0.6) is 5.75 Å². The Hall–Kier alpha value is -2.82. The number of aromatic nitrogens is 2. The number of hydrogen-bond donors (Lipinski definition) is 1. The number of aryl methyl sites for hydroxylation is 1. The highest BCUT2D eigenvalue weighted by molar-refractivity contribution is 5.56. The molecule has 0 amide bonds. The average Bonchev–Trinajstić information content (AvgIpc) is 3.00. The largest absolute Gasteiger partial charge is 0.484 e. The molecule has 2 aromatic carbocycles. The number of benzene rings is 2. The third-order valence-corrected chi connectivity index (χ3v) is 3.47. The van der Waals surface area contributed by atoms with Crippen LogP contribution >= 0.6 is 0 Å². The third kappa shape index (κ3) is 3.88. The molecule has 0 unspecified atom stereocenters. The molecular weight excluding hydrogens is 290 g/mol. The van der Waals surface area contributed by atoms with Gasteiger partial charge in [0, 0.05) is 6.92 Å². The number of para-hydroxylation sites is 2. The fourth-order valence-electron chi connectivity index (χ4n) is 2.29. The molecule has 1 atom stereocenters. The van der Waals surface area contributed by atoms with Crippen LogP contribution in [0.25, 0.3) is 0 Å². The van der Waals surface area contributed by atoms with Crippen LogP contribution in [-0.4, -0.2) is 10.1 Å². The van der Waals surface area contributed by atoms with E-state index >= 15 is 0 Å². The zero-order chi connectivity index (χ0) is 16.1. The molecule has 0 spiro atoms. The maximum Gasteiger partial charge on any atom is 0.223 e. The highest BCUT2D eigenvalue weighted by Gasteiger charge is 2.10. The van der Waals surface area contributed by atoms with E-state index < -0.39 is 0 Å². The molecule has 0 aliphatic heterocycles. The lowest BCUT2D eigenvalue weighted by Gasteiger charge is -2.18. The highest BCUT2D eigenvalue weighted by atomic mass is 16.5. The Balaban J connectivity index is 1.70. The van der Waals surface area contributed by atoms with Gasteiger partial charge in [0.05, 0.1) is 12.2 Å². The molecule has 0 aliphatic rings. The molecule has 0 aliphatic carbocycles. The summed E-state index contributed by atoms with van der Waals surface area (Å²) < 4.78 is 11.1. The van der Waals surface area contributed by atoms with E-state index in [2.05, 4.69) is 27.6 Å². The fourth-order valence-corrected chi connectivity index (χ4v) is 2.29. The van der Waals surface area contributed by atoms with Crippen molar-refractivity contribution < 1.29 is 9.26 Å². The zero-order valence-corrected chi connectivity index (χ0v) is 13.2. The number of nitrogens with one attached hydrogen (secondary N) is 1. The molecule has 3 rings (SSSR count). The van der Waals surface area contributed by atoms with Crippen LogP contribution in [0.15, 0.2) is 59.1 Å². The van der Waals surface area contributed by atoms with Gasteiger partial charge in [-0.25, -0.2) is 0 Å². The van der Waals surface area contributed by atoms with Crippen molar-refractivity contribution in [3.05, 3.63) is 71.9 Å². The van der Waals surface area contributed by atoms with E-state index in [-0.39, 0.29) is 6.10 Å². The lowest BCUT2D eigenvalue weighted by Crippen LogP contribution is -2.07. The molecule has 1 aromatic heterocycles. The van der Waals surface area contributed by atoms with E-state index in [1.54, 1.807) is 6.92 Å². The predicted molar refractivity (Wildman–Crippen MR) is 88.3 cm³/mol. The van der Waals surface area contributed by atoms with Gasteiger partial charge in [-0.2, -0.15) is 4.98 Å². The average molecular weight is 309 g/mol. The smallest absolute Gasteiger partial charge is 0.223 e. The fraction of sp³-hybridized carbons (Fsp3) is 0.222. The van der Waals surface area contributed by atoms with Gasteiger partial charge in [0.15, 0.2) is 5.82 Å². The summed E-state index contributed by atoms with van der Waals surface area (Å²) in [6.07, 6.45) is -0.0356. The van der Waals surface area contributed by atoms with Crippen molar-refractivity contribution in [2.45, 2.75) is 26.5 Å². The Bertz CT molecular complexity index is 756. The number of anilines is 1. The van der Waals surface area contributed by atoms with Crippen LogP contribution in [0.3, 0.4) is 0 Å². The summed E-state index contributed by atoms with van der Waals surface area (Å²) in [6.45, 7) is 4.29. The van der Waals surface area contributed by atoms with Crippen molar-refractivity contribution in [2.24, 2.45) is 0 Å². The summed E-state index contributed by atoms with van der Waals surface area (Å²) in [5.41, 5.74) is 2.04. The minimum Gasteiger partial charge on any atom is -0.484 e. The maximum atomic E-state index is 6.10. The molecule has 118 valence electrons. The second-order valence-corrected chi connectivity index (χ2v) is 5.25. The third-order valence-electron chi connectivity index (χ3n) is 3.47. The van der Waals surface area contributed by atoms with Crippen LogP contribution in [0.4, 0.5) is 5.69 Å². The predicted octanol–water partition coefficient (Wildman–Crippen LogP) is 4.13. The Morgan fingerprint density at radius 2 is 1.83 bits per heavy atom. The number of rotatable bonds is 6. The lowest BCUT2D eigenvalue weighted by atomic mass is 10.1. The molecule has 3 aromatic rings. The topological polar surface area (TPSA) is 60.2 Å². The SMILES string of the molecule is Cc1nc(CNc2ccccc2O[C@@H](C)c2ccccc2)no1. The van der Waals surface area contributed by atoms with Gasteiger partial charge in [-0.05, 0) is 24.6 Å². The van der Waals surface area contributed by atoms with Crippen LogP contribution in [0.2, 0.25) is 0 Å². The van der Waals surface area contributed by atoms with Gasteiger partial charge in [0.1, 0.15) is 11.9 Å². The van der Waals surface area contributed by atoms with E-state index in [4.69, 9.17) is 9.26 Å². The number of ether oxygens (including phenoxy) is 1. The normalized spacial score (nSPS) is 11.9. The Labute approximate surface area is 135 Å². The van der Waals surface area contributed by atoms with Crippen molar-refractivity contribution in [2.75, 3.05) is 5.32 Å². The Kier molecular flexibility index (Phi) is 4.57. The summed E-state index contributed by atoms with van der Waals surface area (Å²) in [6, 6.07) is 18.0. The van der Waals surface area contributed by atoms with E-state index in [1.807, 2.05) is 49.4 Å². The van der Waals surface area contributed by atoms with Crippen LogP contribution in [0.1, 0.15) is 30.3 Å².